The molecule has 2 heterocycles. The van der Waals surface area contributed by atoms with Gasteiger partial charge in [-0.3, -0.25) is 0 Å². The van der Waals surface area contributed by atoms with E-state index in [9.17, 15) is 8.42 Å². The molecule has 4 aromatic rings. The van der Waals surface area contributed by atoms with Crippen LogP contribution in [-0.2, 0) is 15.3 Å². The third-order valence-corrected chi connectivity index (χ3v) is 8.99. The van der Waals surface area contributed by atoms with E-state index < -0.39 is 15.3 Å². The molecule has 4 heteroatoms. The molecule has 0 N–H and O–H groups in total. The predicted octanol–water partition coefficient (Wildman–Crippen LogP) is 5.68. The number of benzene rings is 4. The highest BCUT2D eigenvalue weighted by Crippen LogP contribution is 2.59. The first kappa shape index (κ1) is 17.1. The van der Waals surface area contributed by atoms with E-state index in [1.54, 1.807) is 23.9 Å². The molecule has 0 saturated carbocycles. The summed E-state index contributed by atoms with van der Waals surface area (Å²) in [6.07, 6.45) is 0. The smallest absolute Gasteiger partial charge is 0.207 e. The number of rotatable bonds is 0. The normalized spacial score (nSPS) is 17.0. The maximum absolute atomic E-state index is 13.5. The first-order chi connectivity index (χ1) is 14.1. The molecule has 29 heavy (non-hydrogen) atoms. The van der Waals surface area contributed by atoms with Crippen molar-refractivity contribution >= 4 is 21.6 Å². The largest absolute Gasteiger partial charge is 0.218 e. The van der Waals surface area contributed by atoms with Crippen LogP contribution in [0, 0.1) is 0 Å². The van der Waals surface area contributed by atoms with Crippen LogP contribution in [0.1, 0.15) is 22.3 Å². The lowest BCUT2D eigenvalue weighted by Gasteiger charge is -2.45. The van der Waals surface area contributed by atoms with E-state index in [-0.39, 0.29) is 0 Å². The molecule has 0 amide bonds. The summed E-state index contributed by atoms with van der Waals surface area (Å²) in [5, 5.41) is 0. The first-order valence-electron chi connectivity index (χ1n) is 9.46. The maximum atomic E-state index is 13.5. The molecule has 4 aromatic carbocycles. The summed E-state index contributed by atoms with van der Waals surface area (Å²) < 4.78 is 27.1. The average molecular weight is 413 g/mol. The molecule has 0 radical (unpaired) electrons. The maximum Gasteiger partial charge on any atom is 0.207 e. The van der Waals surface area contributed by atoms with Gasteiger partial charge in [0.1, 0.15) is 0 Å². The second-order valence-electron chi connectivity index (χ2n) is 7.34. The fourth-order valence-electron chi connectivity index (χ4n) is 4.86. The molecule has 0 aromatic heterocycles. The van der Waals surface area contributed by atoms with Crippen molar-refractivity contribution in [1.82, 2.24) is 0 Å². The van der Waals surface area contributed by atoms with E-state index in [4.69, 9.17) is 0 Å². The lowest BCUT2D eigenvalue weighted by atomic mass is 9.64. The molecular weight excluding hydrogens is 396 g/mol. The minimum absolute atomic E-state index is 0.398. The van der Waals surface area contributed by atoms with E-state index in [0.29, 0.717) is 9.79 Å². The summed E-state index contributed by atoms with van der Waals surface area (Å²) in [5.41, 5.74) is 3.28. The molecule has 0 bridgehead atoms. The Balaban J connectivity index is 1.91. The van der Waals surface area contributed by atoms with Crippen LogP contribution >= 0.6 is 11.8 Å². The van der Waals surface area contributed by atoms with E-state index in [1.807, 2.05) is 60.7 Å². The van der Waals surface area contributed by atoms with Gasteiger partial charge >= 0.3 is 0 Å². The van der Waals surface area contributed by atoms with Crippen molar-refractivity contribution in [2.75, 3.05) is 0 Å². The topological polar surface area (TPSA) is 34.1 Å². The van der Waals surface area contributed by atoms with Gasteiger partial charge in [-0.1, -0.05) is 84.6 Å². The summed E-state index contributed by atoms with van der Waals surface area (Å²) in [5.74, 6) is 0. The summed E-state index contributed by atoms with van der Waals surface area (Å²) in [7, 11) is -3.59. The van der Waals surface area contributed by atoms with Crippen molar-refractivity contribution < 1.29 is 8.42 Å². The van der Waals surface area contributed by atoms with E-state index in [0.717, 1.165) is 32.0 Å². The van der Waals surface area contributed by atoms with Crippen molar-refractivity contribution in [3.8, 4) is 0 Å². The van der Waals surface area contributed by atoms with Gasteiger partial charge in [0.2, 0.25) is 9.84 Å². The van der Waals surface area contributed by atoms with Gasteiger partial charge in [0, 0.05) is 9.79 Å². The van der Waals surface area contributed by atoms with Gasteiger partial charge in [0.15, 0.2) is 0 Å². The number of fused-ring (bicyclic) bond motifs is 8. The molecule has 0 saturated heterocycles. The van der Waals surface area contributed by atoms with E-state index >= 15 is 0 Å². The summed E-state index contributed by atoms with van der Waals surface area (Å²) in [6, 6.07) is 31.7. The van der Waals surface area contributed by atoms with Gasteiger partial charge in [-0.15, -0.1) is 0 Å². The zero-order chi connectivity index (χ0) is 19.6. The highest BCUT2D eigenvalue weighted by molar-refractivity contribution is 7.99. The summed E-state index contributed by atoms with van der Waals surface area (Å²) in [6.45, 7) is 0. The second-order valence-corrected chi connectivity index (χ2v) is 10.3. The van der Waals surface area contributed by atoms with Crippen LogP contribution in [0.5, 0.6) is 0 Å². The zero-order valence-electron chi connectivity index (χ0n) is 15.4. The highest BCUT2D eigenvalue weighted by atomic mass is 32.2. The van der Waals surface area contributed by atoms with Crippen LogP contribution in [-0.4, -0.2) is 8.42 Å². The van der Waals surface area contributed by atoms with Crippen LogP contribution in [0.4, 0.5) is 0 Å². The summed E-state index contributed by atoms with van der Waals surface area (Å²) in [4.78, 5) is 3.12. The Hall–Kier alpha value is -2.82. The molecule has 0 unspecified atom stereocenters. The van der Waals surface area contributed by atoms with Gasteiger partial charge < -0.3 is 0 Å². The summed E-state index contributed by atoms with van der Waals surface area (Å²) >= 11 is 1.75. The molecule has 0 atom stereocenters. The molecule has 140 valence electrons. The monoisotopic (exact) mass is 412 g/mol. The van der Waals surface area contributed by atoms with Crippen molar-refractivity contribution in [1.29, 1.82) is 0 Å². The predicted molar refractivity (Wildman–Crippen MR) is 114 cm³/mol. The van der Waals surface area contributed by atoms with Crippen molar-refractivity contribution in [3.05, 3.63) is 119 Å². The Morgan fingerprint density at radius 1 is 0.517 bits per heavy atom. The molecule has 2 nitrogen and oxygen atoms in total. The van der Waals surface area contributed by atoms with Gasteiger partial charge in [-0.05, 0) is 46.5 Å². The van der Waals surface area contributed by atoms with Crippen LogP contribution in [0.2, 0.25) is 0 Å². The van der Waals surface area contributed by atoms with Crippen LogP contribution < -0.4 is 0 Å². The molecular formula is C25H16O2S2. The molecule has 1 spiro atoms. The second kappa shape index (κ2) is 5.85. The Morgan fingerprint density at radius 3 is 1.38 bits per heavy atom. The highest BCUT2D eigenvalue weighted by Gasteiger charge is 2.51. The minimum atomic E-state index is -3.59. The van der Waals surface area contributed by atoms with Crippen molar-refractivity contribution in [2.45, 2.75) is 25.0 Å². The fourth-order valence-corrected chi connectivity index (χ4v) is 7.83. The third kappa shape index (κ3) is 2.05. The molecule has 6 rings (SSSR count). The lowest BCUT2D eigenvalue weighted by molar-refractivity contribution is 0.574. The zero-order valence-corrected chi connectivity index (χ0v) is 17.0. The van der Waals surface area contributed by atoms with Gasteiger partial charge in [0.25, 0.3) is 0 Å². The Labute approximate surface area is 174 Å². The van der Waals surface area contributed by atoms with Gasteiger partial charge in [-0.25, -0.2) is 8.42 Å². The third-order valence-electron chi connectivity index (χ3n) is 5.96. The quantitative estimate of drug-likeness (QED) is 0.322. The van der Waals surface area contributed by atoms with Gasteiger partial charge in [-0.2, -0.15) is 0 Å². The molecule has 0 aliphatic carbocycles. The van der Waals surface area contributed by atoms with Crippen molar-refractivity contribution in [3.63, 3.8) is 0 Å². The number of hydrogen-bond donors (Lipinski definition) is 0. The number of sulfone groups is 1. The van der Waals surface area contributed by atoms with E-state index in [1.165, 1.54) is 0 Å². The van der Waals surface area contributed by atoms with Crippen LogP contribution in [0.25, 0.3) is 0 Å². The van der Waals surface area contributed by atoms with Crippen LogP contribution in [0.3, 0.4) is 0 Å². The Bertz CT molecular complexity index is 1300. The SMILES string of the molecule is O=S1(=O)c2ccccc2C2(c3ccccc3Sc3ccccc32)c2ccccc21. The fraction of sp³-hybridized carbons (Fsp3) is 0.0400. The molecule has 2 aliphatic heterocycles. The molecule has 2 aliphatic rings. The van der Waals surface area contributed by atoms with Gasteiger partial charge in [0.05, 0.1) is 15.2 Å². The number of hydrogen-bond acceptors (Lipinski definition) is 3. The van der Waals surface area contributed by atoms with Crippen molar-refractivity contribution in [2.24, 2.45) is 0 Å². The first-order valence-corrected chi connectivity index (χ1v) is 11.8. The minimum Gasteiger partial charge on any atom is -0.218 e. The lowest BCUT2D eigenvalue weighted by Crippen LogP contribution is -2.39. The Morgan fingerprint density at radius 2 is 0.897 bits per heavy atom. The van der Waals surface area contributed by atoms with Crippen LogP contribution in [0.15, 0.2) is 117 Å². The average Bonchev–Trinajstić information content (AvgIpc) is 2.77. The molecule has 0 fully saturated rings. The standard InChI is InChI=1S/C25H16O2S2/c26-29(27)23-15-7-3-11-19(23)25(20-12-4-8-16-24(20)29)17-9-1-5-13-21(17)28-22-14-6-2-10-18(22)25/h1-16H. The Kier molecular flexibility index (Phi) is 3.44. The van der Waals surface area contributed by atoms with E-state index in [2.05, 4.69) is 24.3 Å².